The van der Waals surface area contributed by atoms with Crippen molar-refractivity contribution in [3.8, 4) is 0 Å². The maximum Gasteiger partial charge on any atom is 0.402 e. The predicted molar refractivity (Wildman–Crippen MR) is 69.3 cm³/mol. The third kappa shape index (κ3) is 6.44. The van der Waals surface area contributed by atoms with E-state index in [-0.39, 0.29) is 0 Å². The second kappa shape index (κ2) is 8.15. The molecule has 0 aromatic heterocycles. The van der Waals surface area contributed by atoms with Crippen LogP contribution in [0.2, 0.25) is 0 Å². The fourth-order valence-corrected chi connectivity index (χ4v) is 1.67. The molecule has 0 rings (SSSR count). The molecule has 5 heteroatoms. The first kappa shape index (κ1) is 15.0. The third-order valence-electron chi connectivity index (χ3n) is 1.92. The first-order chi connectivity index (χ1) is 7.51. The lowest BCUT2D eigenvalue weighted by atomic mass is 10.5. The van der Waals surface area contributed by atoms with Crippen LogP contribution in [0.15, 0.2) is 35.3 Å². The van der Waals surface area contributed by atoms with Crippen molar-refractivity contribution in [2.75, 3.05) is 0 Å². The molecular formula is C11H22N2O2Si. The lowest BCUT2D eigenvalue weighted by Gasteiger charge is -2.18. The van der Waals surface area contributed by atoms with E-state index < -0.39 is 9.28 Å². The molecule has 0 bridgehead atoms. The van der Waals surface area contributed by atoms with E-state index >= 15 is 0 Å². The van der Waals surface area contributed by atoms with Gasteiger partial charge >= 0.3 is 9.28 Å². The molecule has 2 N–H and O–H groups in total. The van der Waals surface area contributed by atoms with Crippen LogP contribution in [-0.2, 0) is 9.05 Å². The normalized spacial score (nSPS) is 14.6. The average molecular weight is 242 g/mol. The summed E-state index contributed by atoms with van der Waals surface area (Å²) in [5.74, 6) is 0. The van der Waals surface area contributed by atoms with Crippen LogP contribution in [0.1, 0.15) is 34.6 Å². The Labute approximate surface area is 99.8 Å². The maximum absolute atomic E-state index is 5.46. The van der Waals surface area contributed by atoms with Crippen LogP contribution in [0, 0.1) is 0 Å². The fourth-order valence-electron chi connectivity index (χ4n) is 0.636. The van der Waals surface area contributed by atoms with Crippen LogP contribution >= 0.6 is 0 Å². The van der Waals surface area contributed by atoms with Crippen LogP contribution in [0.4, 0.5) is 0 Å². The fraction of sp³-hybridized carbons (Fsp3) is 0.455. The van der Waals surface area contributed by atoms with E-state index in [1.165, 1.54) is 0 Å². The number of nitrogens with one attached hydrogen (secondary N) is 2. The Kier molecular flexibility index (Phi) is 7.62. The highest BCUT2D eigenvalue weighted by Crippen LogP contribution is 2.00. The highest BCUT2D eigenvalue weighted by molar-refractivity contribution is 6.53. The van der Waals surface area contributed by atoms with Gasteiger partial charge in [0, 0.05) is 11.4 Å². The van der Waals surface area contributed by atoms with Crippen LogP contribution in [0.25, 0.3) is 0 Å². The Balaban J connectivity index is 4.13. The zero-order valence-corrected chi connectivity index (χ0v) is 11.9. The van der Waals surface area contributed by atoms with Gasteiger partial charge in [-0.1, -0.05) is 18.7 Å². The molecule has 0 aliphatic carbocycles. The van der Waals surface area contributed by atoms with Crippen LogP contribution in [-0.4, -0.2) is 9.28 Å². The molecule has 0 heterocycles. The molecule has 16 heavy (non-hydrogen) atoms. The highest BCUT2D eigenvalue weighted by atomic mass is 28.3. The van der Waals surface area contributed by atoms with E-state index in [1.54, 1.807) is 0 Å². The maximum atomic E-state index is 5.46. The first-order valence-corrected chi connectivity index (χ1v) is 6.77. The van der Waals surface area contributed by atoms with E-state index in [2.05, 4.69) is 17.5 Å². The molecule has 0 saturated carbocycles. The van der Waals surface area contributed by atoms with E-state index in [0.717, 1.165) is 16.6 Å². The number of hydrogen-bond donors (Lipinski definition) is 2. The Morgan fingerprint density at radius 1 is 1.00 bits per heavy atom. The van der Waals surface area contributed by atoms with Gasteiger partial charge in [-0.2, -0.15) is 0 Å². The van der Waals surface area contributed by atoms with Gasteiger partial charge in [0.05, 0.1) is 0 Å². The quantitative estimate of drug-likeness (QED) is 0.530. The van der Waals surface area contributed by atoms with Gasteiger partial charge in [-0.15, -0.1) is 0 Å². The predicted octanol–water partition coefficient (Wildman–Crippen LogP) is 2.21. The topological polar surface area (TPSA) is 42.5 Å². The van der Waals surface area contributed by atoms with Crippen LogP contribution in [0.5, 0.6) is 0 Å². The second-order valence-corrected chi connectivity index (χ2v) is 5.68. The van der Waals surface area contributed by atoms with E-state index in [4.69, 9.17) is 9.05 Å². The van der Waals surface area contributed by atoms with Crippen molar-refractivity contribution in [1.82, 2.24) is 11.0 Å². The van der Waals surface area contributed by atoms with Gasteiger partial charge in [-0.3, -0.25) is 20.0 Å². The zero-order valence-electron chi connectivity index (χ0n) is 10.8. The Morgan fingerprint density at radius 2 is 1.38 bits per heavy atom. The highest BCUT2D eigenvalue weighted by Gasteiger charge is 2.15. The van der Waals surface area contributed by atoms with Gasteiger partial charge in [0.2, 0.25) is 0 Å². The lowest BCUT2D eigenvalue weighted by molar-refractivity contribution is 0.119. The van der Waals surface area contributed by atoms with Gasteiger partial charge in [0.25, 0.3) is 0 Å². The molecule has 0 amide bonds. The summed E-state index contributed by atoms with van der Waals surface area (Å²) in [5, 5.41) is 0.910. The Bertz CT molecular complexity index is 266. The Morgan fingerprint density at radius 3 is 1.62 bits per heavy atom. The molecule has 92 valence electrons. The zero-order chi connectivity index (χ0) is 12.6. The lowest BCUT2D eigenvalue weighted by Crippen LogP contribution is -2.35. The molecule has 4 nitrogen and oxygen atoms in total. The molecule has 0 aromatic rings. The monoisotopic (exact) mass is 242 g/mol. The smallest absolute Gasteiger partial charge is 0.284 e. The van der Waals surface area contributed by atoms with Gasteiger partial charge in [-0.25, -0.2) is 0 Å². The number of rotatable bonds is 7. The van der Waals surface area contributed by atoms with Gasteiger partial charge < -0.3 is 0 Å². The number of hydroxylamine groups is 2. The summed E-state index contributed by atoms with van der Waals surface area (Å²) < 4.78 is 10.9. The first-order valence-electron chi connectivity index (χ1n) is 5.25. The minimum atomic E-state index is -1.95. The summed E-state index contributed by atoms with van der Waals surface area (Å²) in [6, 6.07) is 0. The third-order valence-corrected chi connectivity index (χ3v) is 3.39. The molecule has 0 unspecified atom stereocenters. The summed E-state index contributed by atoms with van der Waals surface area (Å²) in [6.45, 7) is 13.5. The SMILES string of the molecule is C=C(C)[SiH](ONC(C)=CC)ONC(C)=CC. The number of hydrogen-bond acceptors (Lipinski definition) is 4. The second-order valence-electron chi connectivity index (χ2n) is 3.56. The van der Waals surface area contributed by atoms with E-state index in [0.29, 0.717) is 0 Å². The largest absolute Gasteiger partial charge is 0.402 e. The molecule has 0 radical (unpaired) electrons. The van der Waals surface area contributed by atoms with Gasteiger partial charge in [0.15, 0.2) is 0 Å². The van der Waals surface area contributed by atoms with Crippen molar-refractivity contribution >= 4 is 9.28 Å². The molecule has 0 aliphatic rings. The molecule has 0 aromatic carbocycles. The molecule has 0 spiro atoms. The summed E-state index contributed by atoms with van der Waals surface area (Å²) in [5.41, 5.74) is 7.56. The van der Waals surface area contributed by atoms with Crippen molar-refractivity contribution in [1.29, 1.82) is 0 Å². The standard InChI is InChI=1S/C11H22N2O2Si/c1-7-10(5)12-14-16(9(3)4)15-13-11(6)8-2/h7-8,12-13,16H,3H2,1-2,4-6H3. The molecule has 0 aliphatic heterocycles. The Hall–Kier alpha value is -1.04. The van der Waals surface area contributed by atoms with Gasteiger partial charge in [-0.05, 0) is 39.8 Å². The van der Waals surface area contributed by atoms with E-state index in [1.807, 2.05) is 46.8 Å². The summed E-state index contributed by atoms with van der Waals surface area (Å²) in [7, 11) is -1.95. The van der Waals surface area contributed by atoms with Crippen molar-refractivity contribution in [2.24, 2.45) is 0 Å². The summed E-state index contributed by atoms with van der Waals surface area (Å²) in [4.78, 5) is 0. The van der Waals surface area contributed by atoms with Crippen molar-refractivity contribution in [3.63, 3.8) is 0 Å². The molecule has 0 atom stereocenters. The van der Waals surface area contributed by atoms with Gasteiger partial charge in [0.1, 0.15) is 0 Å². The summed E-state index contributed by atoms with van der Waals surface area (Å²) >= 11 is 0. The minimum Gasteiger partial charge on any atom is -0.284 e. The van der Waals surface area contributed by atoms with Crippen LogP contribution in [0.3, 0.4) is 0 Å². The number of allylic oxidation sites excluding steroid dienone is 5. The molecule has 0 fully saturated rings. The minimum absolute atomic E-state index is 0.910. The van der Waals surface area contributed by atoms with Crippen molar-refractivity contribution in [3.05, 3.63) is 35.3 Å². The average Bonchev–Trinajstić information content (AvgIpc) is 2.27. The van der Waals surface area contributed by atoms with Crippen molar-refractivity contribution < 1.29 is 9.05 Å². The van der Waals surface area contributed by atoms with E-state index in [9.17, 15) is 0 Å². The molecule has 0 saturated heterocycles. The summed E-state index contributed by atoms with van der Waals surface area (Å²) in [6.07, 6.45) is 3.85. The molecular weight excluding hydrogens is 220 g/mol. The van der Waals surface area contributed by atoms with Crippen molar-refractivity contribution in [2.45, 2.75) is 34.6 Å². The van der Waals surface area contributed by atoms with Crippen LogP contribution < -0.4 is 11.0 Å².